The van der Waals surface area contributed by atoms with Crippen LogP contribution in [0.4, 0.5) is 0 Å². The van der Waals surface area contributed by atoms with E-state index < -0.39 is 21.5 Å². The summed E-state index contributed by atoms with van der Waals surface area (Å²) >= 11 is 0. The molecule has 0 spiro atoms. The van der Waals surface area contributed by atoms with E-state index in [0.717, 1.165) is 11.1 Å². The molecule has 140 valence electrons. The topological polar surface area (TPSA) is 72.5 Å². The zero-order chi connectivity index (χ0) is 18.8. The molecule has 0 heterocycles. The monoisotopic (exact) mass is 375 g/mol. The first-order valence-corrected chi connectivity index (χ1v) is 10.4. The molecule has 26 heavy (non-hydrogen) atoms. The number of ether oxygens (including phenoxy) is 1. The largest absolute Gasteiger partial charge is 0.375 e. The number of nitrogens with one attached hydrogen (secondary N) is 1. The van der Waals surface area contributed by atoms with Crippen LogP contribution in [0, 0.1) is 0 Å². The lowest BCUT2D eigenvalue weighted by Gasteiger charge is -2.16. The van der Waals surface area contributed by atoms with Crippen molar-refractivity contribution in [3.05, 3.63) is 71.8 Å². The molecule has 0 radical (unpaired) electrons. The van der Waals surface area contributed by atoms with Crippen molar-refractivity contribution in [3.63, 3.8) is 0 Å². The number of hydrogen-bond donors (Lipinski definition) is 1. The summed E-state index contributed by atoms with van der Waals surface area (Å²) < 4.78 is 29.6. The van der Waals surface area contributed by atoms with Crippen molar-refractivity contribution in [3.8, 4) is 0 Å². The maximum Gasteiger partial charge on any atom is 0.235 e. The minimum atomic E-state index is -3.42. The Hall–Kier alpha value is -2.18. The Balaban J connectivity index is 1.76. The highest BCUT2D eigenvalue weighted by Gasteiger charge is 2.18. The molecule has 2 aromatic rings. The fourth-order valence-corrected chi connectivity index (χ4v) is 3.91. The summed E-state index contributed by atoms with van der Waals surface area (Å²) in [5.74, 6) is -0.989. The summed E-state index contributed by atoms with van der Waals surface area (Å²) in [5.41, 5.74) is 2.03. The number of rotatable bonds is 10. The van der Waals surface area contributed by atoms with Crippen LogP contribution in [0.3, 0.4) is 0 Å². The smallest absolute Gasteiger partial charge is 0.235 e. The van der Waals surface area contributed by atoms with E-state index in [1.165, 1.54) is 0 Å². The summed E-state index contributed by atoms with van der Waals surface area (Å²) in [6, 6.07) is 19.2. The van der Waals surface area contributed by atoms with Gasteiger partial charge < -0.3 is 10.1 Å². The van der Waals surface area contributed by atoms with Gasteiger partial charge in [-0.3, -0.25) is 4.79 Å². The van der Waals surface area contributed by atoms with Crippen LogP contribution in [0.15, 0.2) is 60.7 Å². The highest BCUT2D eigenvalue weighted by atomic mass is 32.2. The Morgan fingerprint density at radius 2 is 1.65 bits per heavy atom. The second-order valence-corrected chi connectivity index (χ2v) is 8.30. The van der Waals surface area contributed by atoms with Crippen LogP contribution in [0.5, 0.6) is 0 Å². The fourth-order valence-electron chi connectivity index (χ4n) is 2.68. The fraction of sp³-hybridized carbons (Fsp3) is 0.350. The van der Waals surface area contributed by atoms with E-state index in [2.05, 4.69) is 5.32 Å². The van der Waals surface area contributed by atoms with Gasteiger partial charge in [0.1, 0.15) is 5.75 Å². The van der Waals surface area contributed by atoms with Gasteiger partial charge in [-0.1, -0.05) is 60.7 Å². The molecule has 0 bridgehead atoms. The predicted octanol–water partition coefficient (Wildman–Crippen LogP) is 2.54. The van der Waals surface area contributed by atoms with Crippen LogP contribution >= 0.6 is 0 Å². The number of amides is 1. The third kappa shape index (κ3) is 6.98. The van der Waals surface area contributed by atoms with Crippen LogP contribution in [0.1, 0.15) is 23.7 Å². The molecule has 1 unspecified atom stereocenters. The van der Waals surface area contributed by atoms with Crippen molar-refractivity contribution in [1.29, 1.82) is 0 Å². The van der Waals surface area contributed by atoms with E-state index in [4.69, 9.17) is 4.74 Å². The van der Waals surface area contributed by atoms with Gasteiger partial charge in [0.15, 0.2) is 9.84 Å². The molecule has 0 aliphatic heterocycles. The Kier molecular flexibility index (Phi) is 7.81. The zero-order valence-corrected chi connectivity index (χ0v) is 15.7. The van der Waals surface area contributed by atoms with Crippen molar-refractivity contribution >= 4 is 15.7 Å². The molecule has 1 N–H and O–H groups in total. The first-order chi connectivity index (χ1) is 12.5. The first-order valence-electron chi connectivity index (χ1n) is 8.59. The van der Waals surface area contributed by atoms with Gasteiger partial charge in [0.05, 0.1) is 11.9 Å². The molecule has 0 saturated carbocycles. The average Bonchev–Trinajstić information content (AvgIpc) is 2.63. The Morgan fingerprint density at radius 3 is 2.27 bits per heavy atom. The third-order valence-electron chi connectivity index (χ3n) is 4.06. The van der Waals surface area contributed by atoms with Crippen molar-refractivity contribution in [2.75, 3.05) is 25.2 Å². The normalized spacial score (nSPS) is 12.5. The molecular weight excluding hydrogens is 350 g/mol. The van der Waals surface area contributed by atoms with Crippen molar-refractivity contribution in [1.82, 2.24) is 5.32 Å². The number of carbonyl (C=O) groups excluding carboxylic acids is 1. The molecule has 1 amide bonds. The minimum Gasteiger partial charge on any atom is -0.375 e. The molecule has 0 saturated heterocycles. The highest BCUT2D eigenvalue weighted by Crippen LogP contribution is 2.14. The van der Waals surface area contributed by atoms with E-state index in [9.17, 15) is 13.2 Å². The molecule has 0 aliphatic rings. The maximum absolute atomic E-state index is 12.1. The van der Waals surface area contributed by atoms with Crippen molar-refractivity contribution in [2.24, 2.45) is 0 Å². The van der Waals surface area contributed by atoms with E-state index in [-0.39, 0.29) is 18.4 Å². The molecule has 6 heteroatoms. The average molecular weight is 375 g/mol. The standard InChI is InChI=1S/C20H25NO4S/c1-25-19(18-12-6-3-7-13-18)15-21-20(22)16-26(23,24)14-8-11-17-9-4-2-5-10-17/h2-7,9-10,12-13,19H,8,11,14-16H2,1H3,(H,21,22). The van der Waals surface area contributed by atoms with Crippen LogP contribution in [0.25, 0.3) is 0 Å². The molecule has 0 aliphatic carbocycles. The number of aryl methyl sites for hydroxylation is 1. The molecule has 5 nitrogen and oxygen atoms in total. The number of hydrogen-bond acceptors (Lipinski definition) is 4. The summed E-state index contributed by atoms with van der Waals surface area (Å²) in [6.07, 6.45) is 0.882. The quantitative estimate of drug-likeness (QED) is 0.693. The van der Waals surface area contributed by atoms with Gasteiger partial charge in [0, 0.05) is 13.7 Å². The van der Waals surface area contributed by atoms with E-state index in [1.807, 2.05) is 60.7 Å². The molecule has 2 rings (SSSR count). The van der Waals surface area contributed by atoms with Crippen LogP contribution in [-0.4, -0.2) is 39.5 Å². The van der Waals surface area contributed by atoms with Gasteiger partial charge in [-0.15, -0.1) is 0 Å². The predicted molar refractivity (Wildman–Crippen MR) is 103 cm³/mol. The number of sulfone groups is 1. The van der Waals surface area contributed by atoms with E-state index in [1.54, 1.807) is 7.11 Å². The van der Waals surface area contributed by atoms with E-state index in [0.29, 0.717) is 12.8 Å². The van der Waals surface area contributed by atoms with Crippen molar-refractivity contribution in [2.45, 2.75) is 18.9 Å². The Labute approximate surface area is 155 Å². The second-order valence-electron chi connectivity index (χ2n) is 6.12. The highest BCUT2D eigenvalue weighted by molar-refractivity contribution is 7.92. The zero-order valence-electron chi connectivity index (χ0n) is 14.9. The molecule has 2 aromatic carbocycles. The number of benzene rings is 2. The second kappa shape index (κ2) is 10.1. The maximum atomic E-state index is 12.1. The molecule has 1 atom stereocenters. The Bertz CT molecular complexity index is 776. The van der Waals surface area contributed by atoms with E-state index >= 15 is 0 Å². The van der Waals surface area contributed by atoms with Gasteiger partial charge in [-0.25, -0.2) is 8.42 Å². The number of carbonyl (C=O) groups is 1. The van der Waals surface area contributed by atoms with Gasteiger partial charge >= 0.3 is 0 Å². The van der Waals surface area contributed by atoms with Crippen LogP contribution in [-0.2, 0) is 25.8 Å². The third-order valence-corrected chi connectivity index (χ3v) is 5.67. The lowest BCUT2D eigenvalue weighted by molar-refractivity contribution is -0.119. The lowest BCUT2D eigenvalue weighted by Crippen LogP contribution is -2.34. The van der Waals surface area contributed by atoms with Gasteiger partial charge in [-0.05, 0) is 24.0 Å². The van der Waals surface area contributed by atoms with Crippen molar-refractivity contribution < 1.29 is 17.9 Å². The Morgan fingerprint density at radius 1 is 1.04 bits per heavy atom. The summed E-state index contributed by atoms with van der Waals surface area (Å²) in [7, 11) is -1.86. The lowest BCUT2D eigenvalue weighted by atomic mass is 10.1. The van der Waals surface area contributed by atoms with Crippen LogP contribution in [0.2, 0.25) is 0 Å². The molecule has 0 fully saturated rings. The summed E-state index contributed by atoms with van der Waals surface area (Å²) in [4.78, 5) is 12.0. The number of methoxy groups -OCH3 is 1. The van der Waals surface area contributed by atoms with Crippen LogP contribution < -0.4 is 5.32 Å². The van der Waals surface area contributed by atoms with Gasteiger partial charge in [-0.2, -0.15) is 0 Å². The SMILES string of the molecule is COC(CNC(=O)CS(=O)(=O)CCCc1ccccc1)c1ccccc1. The summed E-state index contributed by atoms with van der Waals surface area (Å²) in [6.45, 7) is 0.235. The van der Waals surface area contributed by atoms with Gasteiger partial charge in [0.25, 0.3) is 0 Å². The summed E-state index contributed by atoms with van der Waals surface area (Å²) in [5, 5.41) is 2.65. The molecular formula is C20H25NO4S. The van der Waals surface area contributed by atoms with Gasteiger partial charge in [0.2, 0.25) is 5.91 Å². The minimum absolute atomic E-state index is 0.00169. The first kappa shape index (κ1) is 20.1. The molecule has 0 aromatic heterocycles.